The first kappa shape index (κ1) is 16.1. The van der Waals surface area contributed by atoms with Crippen molar-refractivity contribution in [2.45, 2.75) is 6.29 Å². The monoisotopic (exact) mass is 385 g/mol. The van der Waals surface area contributed by atoms with Gasteiger partial charge in [0.05, 0.1) is 16.7 Å². The minimum absolute atomic E-state index is 0.114. The molecule has 0 unspecified atom stereocenters. The number of tetrazole rings is 1. The van der Waals surface area contributed by atoms with Crippen LogP contribution < -0.4 is 14.8 Å². The molecule has 2 N–H and O–H groups in total. The van der Waals surface area contributed by atoms with E-state index in [-0.39, 0.29) is 17.4 Å². The quantitative estimate of drug-likeness (QED) is 0.554. The molecule has 12 heteroatoms. The van der Waals surface area contributed by atoms with E-state index in [1.54, 1.807) is 24.3 Å². The molecule has 5 rings (SSSR count). The number of carbonyl (C=O) groups excluding carboxylic acids is 1. The van der Waals surface area contributed by atoms with Crippen LogP contribution in [0.2, 0.25) is 0 Å². The first-order chi connectivity index (χ1) is 13.5. The van der Waals surface area contributed by atoms with Crippen molar-refractivity contribution in [1.82, 2.24) is 30.2 Å². The number of halogens is 2. The summed E-state index contributed by atoms with van der Waals surface area (Å²) in [6.45, 7) is 0. The number of anilines is 1. The average molecular weight is 385 g/mol. The van der Waals surface area contributed by atoms with E-state index in [4.69, 9.17) is 0 Å². The molecule has 1 amide bonds. The second kappa shape index (κ2) is 5.70. The Bertz CT molecular complexity index is 1140. The third kappa shape index (κ3) is 2.76. The van der Waals surface area contributed by atoms with E-state index < -0.39 is 12.2 Å². The lowest BCUT2D eigenvalue weighted by Crippen LogP contribution is -2.25. The van der Waals surface area contributed by atoms with E-state index in [0.717, 1.165) is 0 Å². The van der Waals surface area contributed by atoms with Crippen LogP contribution in [0.3, 0.4) is 0 Å². The van der Waals surface area contributed by atoms with Gasteiger partial charge in [0.1, 0.15) is 6.33 Å². The largest absolute Gasteiger partial charge is 0.586 e. The fourth-order valence-corrected chi connectivity index (χ4v) is 2.74. The van der Waals surface area contributed by atoms with Gasteiger partial charge in [-0.05, 0) is 34.7 Å². The Balaban J connectivity index is 1.36. The molecule has 140 valence electrons. The van der Waals surface area contributed by atoms with Crippen molar-refractivity contribution in [3.63, 3.8) is 0 Å². The van der Waals surface area contributed by atoms with Crippen LogP contribution in [0.5, 0.6) is 11.5 Å². The molecule has 0 bridgehead atoms. The van der Waals surface area contributed by atoms with Crippen molar-refractivity contribution < 1.29 is 23.0 Å². The predicted octanol–water partition coefficient (Wildman–Crippen LogP) is 2.11. The Morgan fingerprint density at radius 2 is 1.89 bits per heavy atom. The number of rotatable bonds is 3. The molecule has 4 aromatic rings. The zero-order chi connectivity index (χ0) is 19.3. The van der Waals surface area contributed by atoms with Gasteiger partial charge in [-0.25, -0.2) is 9.67 Å². The summed E-state index contributed by atoms with van der Waals surface area (Å²) in [4.78, 5) is 19.4. The molecule has 0 radical (unpaired) electrons. The van der Waals surface area contributed by atoms with Gasteiger partial charge in [0.15, 0.2) is 11.5 Å². The Kier molecular flexibility index (Phi) is 3.28. The van der Waals surface area contributed by atoms with Crippen LogP contribution in [0, 0.1) is 0 Å². The number of benzene rings is 2. The van der Waals surface area contributed by atoms with E-state index in [2.05, 4.69) is 40.3 Å². The van der Waals surface area contributed by atoms with Gasteiger partial charge < -0.3 is 14.5 Å². The maximum Gasteiger partial charge on any atom is 0.586 e. The molecule has 10 nitrogen and oxygen atoms in total. The summed E-state index contributed by atoms with van der Waals surface area (Å²) in [6.07, 6.45) is -2.27. The minimum Gasteiger partial charge on any atom is -0.395 e. The zero-order valence-corrected chi connectivity index (χ0v) is 13.8. The number of nitrogens with zero attached hydrogens (tertiary/aromatic N) is 5. The van der Waals surface area contributed by atoms with Crippen LogP contribution in [0.1, 0.15) is 10.4 Å². The number of nitrogens with one attached hydrogen (secondary N) is 2. The number of ether oxygens (including phenoxy) is 2. The number of imidazole rings is 1. The molecule has 28 heavy (non-hydrogen) atoms. The van der Waals surface area contributed by atoms with Crippen LogP contribution in [0.25, 0.3) is 16.7 Å². The fourth-order valence-electron chi connectivity index (χ4n) is 2.74. The Morgan fingerprint density at radius 3 is 2.61 bits per heavy atom. The molecule has 0 spiro atoms. The molecule has 2 aromatic heterocycles. The van der Waals surface area contributed by atoms with Gasteiger partial charge in [0.2, 0.25) is 5.95 Å². The highest BCUT2D eigenvalue weighted by Crippen LogP contribution is 2.42. The summed E-state index contributed by atoms with van der Waals surface area (Å²) in [7, 11) is 0. The minimum atomic E-state index is -3.70. The lowest BCUT2D eigenvalue weighted by Gasteiger charge is -2.04. The van der Waals surface area contributed by atoms with Gasteiger partial charge in [0, 0.05) is 17.7 Å². The summed E-state index contributed by atoms with van der Waals surface area (Å²) in [5, 5.41) is 13.5. The van der Waals surface area contributed by atoms with E-state index in [9.17, 15) is 13.6 Å². The molecular weight excluding hydrogens is 376 g/mol. The maximum atomic E-state index is 13.1. The highest BCUT2D eigenvalue weighted by molar-refractivity contribution is 6.04. The number of aromatic amines is 1. The third-order valence-electron chi connectivity index (χ3n) is 3.98. The number of carbonyl (C=O) groups is 1. The van der Waals surface area contributed by atoms with Crippen molar-refractivity contribution in [2.24, 2.45) is 0 Å². The van der Waals surface area contributed by atoms with Crippen molar-refractivity contribution in [2.75, 3.05) is 5.32 Å². The predicted molar refractivity (Wildman–Crippen MR) is 89.4 cm³/mol. The zero-order valence-electron chi connectivity index (χ0n) is 13.8. The summed E-state index contributed by atoms with van der Waals surface area (Å²) in [5.74, 6) is -0.494. The highest BCUT2D eigenvalue weighted by atomic mass is 19.3. The second-order valence-corrected chi connectivity index (χ2v) is 5.82. The van der Waals surface area contributed by atoms with E-state index in [1.807, 2.05) is 0 Å². The smallest absolute Gasteiger partial charge is 0.395 e. The number of hydrogen-bond acceptors (Lipinski definition) is 7. The molecule has 0 saturated heterocycles. The lowest BCUT2D eigenvalue weighted by molar-refractivity contribution is -0.286. The van der Waals surface area contributed by atoms with E-state index in [1.165, 1.54) is 23.1 Å². The average Bonchev–Trinajstić information content (AvgIpc) is 3.36. The van der Waals surface area contributed by atoms with E-state index >= 15 is 0 Å². The summed E-state index contributed by atoms with van der Waals surface area (Å²) in [6, 6.07) is 9.21. The van der Waals surface area contributed by atoms with Crippen molar-refractivity contribution in [1.29, 1.82) is 0 Å². The molecule has 2 aromatic carbocycles. The van der Waals surface area contributed by atoms with Crippen LogP contribution in [-0.2, 0) is 0 Å². The Morgan fingerprint density at radius 1 is 1.14 bits per heavy atom. The van der Waals surface area contributed by atoms with Gasteiger partial charge in [-0.1, -0.05) is 0 Å². The van der Waals surface area contributed by atoms with Crippen molar-refractivity contribution in [3.8, 4) is 17.2 Å². The highest BCUT2D eigenvalue weighted by Gasteiger charge is 2.43. The molecule has 0 fully saturated rings. The molecule has 3 heterocycles. The Hall–Kier alpha value is -4.09. The first-order valence-corrected chi connectivity index (χ1v) is 7.91. The number of amides is 1. The van der Waals surface area contributed by atoms with Gasteiger partial charge in [-0.3, -0.25) is 10.1 Å². The number of aromatic nitrogens is 6. The number of fused-ring (bicyclic) bond motifs is 2. The SMILES string of the molecule is O=C(Nc1nc2cc3c(cc2[nH]1)OC(F)(F)O3)c1ccc(-n2cnnn2)cc1. The summed E-state index contributed by atoms with van der Waals surface area (Å²) >= 11 is 0. The van der Waals surface area contributed by atoms with Gasteiger partial charge in [-0.2, -0.15) is 0 Å². The van der Waals surface area contributed by atoms with Crippen LogP contribution in [0.4, 0.5) is 14.7 Å². The summed E-state index contributed by atoms with van der Waals surface area (Å²) < 4.78 is 36.5. The van der Waals surface area contributed by atoms with Crippen LogP contribution in [0.15, 0.2) is 42.7 Å². The van der Waals surface area contributed by atoms with Crippen molar-refractivity contribution in [3.05, 3.63) is 48.3 Å². The fraction of sp³-hybridized carbons (Fsp3) is 0.0625. The van der Waals surface area contributed by atoms with E-state index in [0.29, 0.717) is 22.3 Å². The van der Waals surface area contributed by atoms with Gasteiger partial charge >= 0.3 is 6.29 Å². The van der Waals surface area contributed by atoms with Crippen LogP contribution in [-0.4, -0.2) is 42.4 Å². The van der Waals surface area contributed by atoms with Crippen molar-refractivity contribution >= 4 is 22.9 Å². The number of H-pyrrole nitrogens is 1. The van der Waals surface area contributed by atoms with Crippen LogP contribution >= 0.6 is 0 Å². The topological polar surface area (TPSA) is 120 Å². The molecule has 0 atom stereocenters. The number of alkyl halides is 2. The normalized spacial score (nSPS) is 14.4. The lowest BCUT2D eigenvalue weighted by atomic mass is 10.2. The standard InChI is InChI=1S/C16H9F2N7O3/c17-16(18)27-12-5-10-11(6-13(12)28-16)21-15(20-10)22-14(26)8-1-3-9(4-2-8)25-7-19-23-24-25/h1-7H,(H2,20,21,22,26). The molecule has 0 saturated carbocycles. The number of hydrogen-bond donors (Lipinski definition) is 2. The van der Waals surface area contributed by atoms with Gasteiger partial charge in [0.25, 0.3) is 5.91 Å². The van der Waals surface area contributed by atoms with Gasteiger partial charge in [-0.15, -0.1) is 13.9 Å². The maximum absolute atomic E-state index is 13.1. The molecule has 1 aliphatic heterocycles. The Labute approximate surface area is 154 Å². The molecule has 1 aliphatic rings. The summed E-state index contributed by atoms with van der Waals surface area (Å²) in [5.41, 5.74) is 1.82. The first-order valence-electron chi connectivity index (χ1n) is 7.91. The third-order valence-corrected chi connectivity index (χ3v) is 3.98. The molecular formula is C16H9F2N7O3. The second-order valence-electron chi connectivity index (χ2n) is 5.82. The molecule has 0 aliphatic carbocycles.